The van der Waals surface area contributed by atoms with Crippen molar-refractivity contribution in [3.05, 3.63) is 74.1 Å². The van der Waals surface area contributed by atoms with E-state index < -0.39 is 0 Å². The summed E-state index contributed by atoms with van der Waals surface area (Å²) in [6, 6.07) is 14.9. The van der Waals surface area contributed by atoms with Gasteiger partial charge in [-0.1, -0.05) is 63.6 Å². The van der Waals surface area contributed by atoms with Crippen LogP contribution in [0.25, 0.3) is 6.08 Å². The first-order chi connectivity index (χ1) is 11.5. The highest BCUT2D eigenvalue weighted by molar-refractivity contribution is 9.10. The van der Waals surface area contributed by atoms with Gasteiger partial charge in [0.05, 0.1) is 11.1 Å². The molecule has 0 spiro atoms. The molecule has 0 unspecified atom stereocenters. The van der Waals surface area contributed by atoms with Gasteiger partial charge in [-0.3, -0.25) is 4.79 Å². The quantitative estimate of drug-likeness (QED) is 0.369. The fraction of sp³-hybridized carbons (Fsp3) is 0. The Bertz CT molecular complexity index is 848. The van der Waals surface area contributed by atoms with Gasteiger partial charge >= 0.3 is 0 Å². The number of carbonyl (C=O) groups is 1. The number of thioether (sulfide) groups is 1. The Hall–Kier alpha value is -1.47. The highest BCUT2D eigenvalue weighted by Gasteiger charge is 2.31. The number of rotatable bonds is 3. The molecular weight excluding hydrogens is 428 g/mol. The Morgan fingerprint density at radius 3 is 2.38 bits per heavy atom. The van der Waals surface area contributed by atoms with Crippen molar-refractivity contribution in [3.8, 4) is 0 Å². The third-order valence-electron chi connectivity index (χ3n) is 3.13. The summed E-state index contributed by atoms with van der Waals surface area (Å²) < 4.78 is 1.40. The van der Waals surface area contributed by atoms with Crippen LogP contribution >= 0.6 is 51.5 Å². The van der Waals surface area contributed by atoms with E-state index in [0.717, 1.165) is 15.6 Å². The van der Waals surface area contributed by atoms with Crippen LogP contribution in [0, 0.1) is 0 Å². The molecule has 1 amide bonds. The van der Waals surface area contributed by atoms with Gasteiger partial charge in [-0.05, 0) is 53.7 Å². The summed E-state index contributed by atoms with van der Waals surface area (Å²) in [5, 5.41) is 6.08. The average Bonchev–Trinajstić information content (AvgIpc) is 2.83. The van der Waals surface area contributed by atoms with Crippen molar-refractivity contribution in [3.63, 3.8) is 0 Å². The predicted molar refractivity (Wildman–Crippen MR) is 108 cm³/mol. The minimum Gasteiger partial charge on any atom is -0.266 e. The van der Waals surface area contributed by atoms with Crippen molar-refractivity contribution < 1.29 is 4.79 Å². The Labute approximate surface area is 162 Å². The van der Waals surface area contributed by atoms with Crippen molar-refractivity contribution in [1.29, 1.82) is 0 Å². The molecule has 2 aromatic carbocycles. The van der Waals surface area contributed by atoms with Gasteiger partial charge in [0.15, 0.2) is 4.32 Å². The summed E-state index contributed by atoms with van der Waals surface area (Å²) in [4.78, 5) is 13.0. The molecule has 1 heterocycles. The molecule has 3 rings (SSSR count). The first-order valence-corrected chi connectivity index (χ1v) is 9.25. The van der Waals surface area contributed by atoms with E-state index in [1.165, 1.54) is 16.8 Å². The minimum atomic E-state index is -0.224. The van der Waals surface area contributed by atoms with Crippen molar-refractivity contribution in [2.24, 2.45) is 5.10 Å². The van der Waals surface area contributed by atoms with Crippen LogP contribution in [-0.4, -0.2) is 21.5 Å². The van der Waals surface area contributed by atoms with Crippen LogP contribution in [0.1, 0.15) is 11.1 Å². The molecule has 1 saturated heterocycles. The number of benzene rings is 2. The molecule has 1 fully saturated rings. The second-order valence-electron chi connectivity index (χ2n) is 4.84. The number of hydrogen-bond donors (Lipinski definition) is 0. The Morgan fingerprint density at radius 1 is 1.08 bits per heavy atom. The fourth-order valence-electron chi connectivity index (χ4n) is 1.94. The zero-order valence-electron chi connectivity index (χ0n) is 12.1. The van der Waals surface area contributed by atoms with E-state index in [9.17, 15) is 4.79 Å². The van der Waals surface area contributed by atoms with E-state index in [0.29, 0.717) is 14.2 Å². The standard InChI is InChI=1S/C17H10BrClN2OS2/c18-13-5-1-11(2-6-13)9-15-16(22)21(17(23)24-15)20-10-12-3-7-14(19)8-4-12/h1-10H/b15-9+,20-10+. The lowest BCUT2D eigenvalue weighted by Crippen LogP contribution is -2.22. The molecule has 3 nitrogen and oxygen atoms in total. The summed E-state index contributed by atoms with van der Waals surface area (Å²) in [6.45, 7) is 0. The molecule has 0 radical (unpaired) electrons. The molecule has 0 aromatic heterocycles. The molecule has 0 N–H and O–H groups in total. The molecule has 2 aromatic rings. The number of thiocarbonyl (C=S) groups is 1. The van der Waals surface area contributed by atoms with Crippen LogP contribution in [0.15, 0.2) is 63.0 Å². The number of nitrogens with zero attached hydrogens (tertiary/aromatic N) is 2. The summed E-state index contributed by atoms with van der Waals surface area (Å²) in [7, 11) is 0. The van der Waals surface area contributed by atoms with Crippen molar-refractivity contribution in [1.82, 2.24) is 5.01 Å². The van der Waals surface area contributed by atoms with Gasteiger partial charge < -0.3 is 0 Å². The lowest BCUT2D eigenvalue weighted by molar-refractivity contribution is -0.122. The van der Waals surface area contributed by atoms with Gasteiger partial charge in [-0.15, -0.1) is 0 Å². The smallest absolute Gasteiger partial charge is 0.266 e. The molecule has 120 valence electrons. The molecule has 0 aliphatic carbocycles. The molecular formula is C17H10BrClN2OS2. The zero-order chi connectivity index (χ0) is 17.1. The second kappa shape index (κ2) is 7.61. The molecule has 1 aliphatic heterocycles. The summed E-state index contributed by atoms with van der Waals surface area (Å²) >= 11 is 15.7. The first kappa shape index (κ1) is 17.4. The van der Waals surface area contributed by atoms with E-state index in [1.807, 2.05) is 42.5 Å². The SMILES string of the molecule is O=C1/C(=C\c2ccc(Br)cc2)SC(=S)N1/N=C/c1ccc(Cl)cc1. The molecule has 7 heteroatoms. The number of amides is 1. The highest BCUT2D eigenvalue weighted by atomic mass is 79.9. The van der Waals surface area contributed by atoms with Crippen molar-refractivity contribution in [2.45, 2.75) is 0 Å². The second-order valence-corrected chi connectivity index (χ2v) is 7.87. The van der Waals surface area contributed by atoms with E-state index in [2.05, 4.69) is 21.0 Å². The molecule has 0 atom stereocenters. The normalized spacial score (nSPS) is 16.6. The predicted octanol–water partition coefficient (Wildman–Crippen LogP) is 5.34. The van der Waals surface area contributed by atoms with E-state index >= 15 is 0 Å². The lowest BCUT2D eigenvalue weighted by Gasteiger charge is -2.06. The molecule has 0 saturated carbocycles. The average molecular weight is 438 g/mol. The van der Waals surface area contributed by atoms with Gasteiger partial charge in [-0.25, -0.2) is 0 Å². The summed E-state index contributed by atoms with van der Waals surface area (Å²) in [6.07, 6.45) is 3.40. The number of hydrazone groups is 1. The van der Waals surface area contributed by atoms with Gasteiger partial charge in [0, 0.05) is 9.50 Å². The third-order valence-corrected chi connectivity index (χ3v) is 5.20. The fourth-order valence-corrected chi connectivity index (χ4v) is 3.51. The van der Waals surface area contributed by atoms with Crippen LogP contribution in [-0.2, 0) is 4.79 Å². The van der Waals surface area contributed by atoms with Crippen LogP contribution in [0.3, 0.4) is 0 Å². The van der Waals surface area contributed by atoms with Crippen LogP contribution in [0.5, 0.6) is 0 Å². The monoisotopic (exact) mass is 436 g/mol. The minimum absolute atomic E-state index is 0.224. The van der Waals surface area contributed by atoms with Crippen molar-refractivity contribution in [2.75, 3.05) is 0 Å². The third kappa shape index (κ3) is 4.13. The maximum atomic E-state index is 12.5. The van der Waals surface area contributed by atoms with Crippen LogP contribution < -0.4 is 0 Å². The Kier molecular flexibility index (Phi) is 5.50. The van der Waals surface area contributed by atoms with Gasteiger partial charge in [0.2, 0.25) is 0 Å². The first-order valence-electron chi connectivity index (χ1n) is 6.86. The highest BCUT2D eigenvalue weighted by Crippen LogP contribution is 2.32. The number of hydrogen-bond acceptors (Lipinski definition) is 4. The lowest BCUT2D eigenvalue weighted by atomic mass is 10.2. The zero-order valence-corrected chi connectivity index (χ0v) is 16.1. The van der Waals surface area contributed by atoms with Crippen molar-refractivity contribution >= 4 is 74.0 Å². The summed E-state index contributed by atoms with van der Waals surface area (Å²) in [5.41, 5.74) is 1.77. The van der Waals surface area contributed by atoms with Crippen LogP contribution in [0.2, 0.25) is 5.02 Å². The molecule has 0 bridgehead atoms. The Balaban J connectivity index is 1.78. The van der Waals surface area contributed by atoms with Crippen LogP contribution in [0.4, 0.5) is 0 Å². The summed E-state index contributed by atoms with van der Waals surface area (Å²) in [5.74, 6) is -0.224. The molecule has 24 heavy (non-hydrogen) atoms. The van der Waals surface area contributed by atoms with E-state index in [4.69, 9.17) is 23.8 Å². The van der Waals surface area contributed by atoms with E-state index in [-0.39, 0.29) is 5.91 Å². The number of halogens is 2. The maximum absolute atomic E-state index is 12.5. The van der Waals surface area contributed by atoms with Gasteiger partial charge in [-0.2, -0.15) is 10.1 Å². The topological polar surface area (TPSA) is 32.7 Å². The van der Waals surface area contributed by atoms with E-state index in [1.54, 1.807) is 18.3 Å². The largest absolute Gasteiger partial charge is 0.286 e. The molecule has 1 aliphatic rings. The van der Waals surface area contributed by atoms with Gasteiger partial charge in [0.25, 0.3) is 5.91 Å². The Morgan fingerprint density at radius 2 is 1.71 bits per heavy atom. The maximum Gasteiger partial charge on any atom is 0.286 e. The van der Waals surface area contributed by atoms with Gasteiger partial charge in [0.1, 0.15) is 0 Å². The number of carbonyl (C=O) groups excluding carboxylic acids is 1.